The molecule has 3 N–H and O–H groups in total. The Morgan fingerprint density at radius 3 is 2.12 bits per heavy atom. The highest BCUT2D eigenvalue weighted by Gasteiger charge is 2.19. The van der Waals surface area contributed by atoms with Crippen LogP contribution in [0.5, 0.6) is 5.75 Å². The summed E-state index contributed by atoms with van der Waals surface area (Å²) in [6, 6.07) is 3.65. The molecule has 1 fully saturated rings. The summed E-state index contributed by atoms with van der Waals surface area (Å²) in [6.07, 6.45) is 3.32. The molecule has 1 aliphatic rings. The second-order valence-electron chi connectivity index (χ2n) is 4.44. The monoisotopic (exact) mass is 275 g/mol. The van der Waals surface area contributed by atoms with Crippen molar-refractivity contribution in [1.82, 2.24) is 0 Å². The Morgan fingerprint density at radius 2 is 1.59 bits per heavy atom. The third-order valence-electron chi connectivity index (χ3n) is 3.08. The summed E-state index contributed by atoms with van der Waals surface area (Å²) in [5.74, 6) is -0.0852. The van der Waals surface area contributed by atoms with Gasteiger partial charge in [-0.05, 0) is 37.8 Å². The van der Waals surface area contributed by atoms with Gasteiger partial charge in [0.15, 0.2) is 5.75 Å². The lowest BCUT2D eigenvalue weighted by Crippen LogP contribution is -2.28. The Morgan fingerprint density at radius 1 is 1.06 bits per heavy atom. The average Bonchev–Trinajstić information content (AvgIpc) is 2.29. The number of phenolic OH excluding ortho intramolecular Hbond substituents is 1. The number of aliphatic hydroxyl groups excluding tert-OH is 1. The van der Waals surface area contributed by atoms with Gasteiger partial charge in [0.2, 0.25) is 0 Å². The lowest BCUT2D eigenvalue weighted by atomic mass is 9.93. The van der Waals surface area contributed by atoms with Crippen LogP contribution in [0, 0.1) is 0 Å². The summed E-state index contributed by atoms with van der Waals surface area (Å²) in [5, 5.41) is 22.7. The van der Waals surface area contributed by atoms with Gasteiger partial charge in [-0.1, -0.05) is 23.2 Å². The number of benzene rings is 1. The molecule has 0 saturated heterocycles. The number of hydrogen-bond donors (Lipinski definition) is 3. The molecular weight excluding hydrogens is 261 g/mol. The van der Waals surface area contributed by atoms with Crippen molar-refractivity contribution >= 4 is 28.9 Å². The van der Waals surface area contributed by atoms with Gasteiger partial charge in [-0.15, -0.1) is 0 Å². The number of hydrogen-bond acceptors (Lipinski definition) is 3. The lowest BCUT2D eigenvalue weighted by molar-refractivity contribution is 0.126. The van der Waals surface area contributed by atoms with Gasteiger partial charge in [-0.2, -0.15) is 0 Å². The van der Waals surface area contributed by atoms with E-state index in [1.165, 1.54) is 0 Å². The average molecular weight is 276 g/mol. The second-order valence-corrected chi connectivity index (χ2v) is 5.25. The van der Waals surface area contributed by atoms with Gasteiger partial charge in [0.05, 0.1) is 16.1 Å². The van der Waals surface area contributed by atoms with Crippen molar-refractivity contribution in [2.75, 3.05) is 5.32 Å². The van der Waals surface area contributed by atoms with Gasteiger partial charge in [0, 0.05) is 11.7 Å². The van der Waals surface area contributed by atoms with Crippen LogP contribution >= 0.6 is 23.2 Å². The molecular formula is C12H15Cl2NO2. The molecule has 0 heterocycles. The van der Waals surface area contributed by atoms with Crippen LogP contribution in [0.15, 0.2) is 12.1 Å². The van der Waals surface area contributed by atoms with Crippen LogP contribution in [0.4, 0.5) is 5.69 Å². The number of anilines is 1. The largest absolute Gasteiger partial charge is 0.505 e. The van der Waals surface area contributed by atoms with E-state index in [-0.39, 0.29) is 21.9 Å². The van der Waals surface area contributed by atoms with Gasteiger partial charge in [-0.25, -0.2) is 0 Å². The fourth-order valence-corrected chi connectivity index (χ4v) is 2.59. The van der Waals surface area contributed by atoms with E-state index >= 15 is 0 Å². The van der Waals surface area contributed by atoms with Crippen molar-refractivity contribution in [2.24, 2.45) is 0 Å². The number of nitrogens with one attached hydrogen (secondary N) is 1. The number of aromatic hydroxyl groups is 1. The molecule has 17 heavy (non-hydrogen) atoms. The van der Waals surface area contributed by atoms with Crippen molar-refractivity contribution in [1.29, 1.82) is 0 Å². The molecule has 0 aromatic heterocycles. The van der Waals surface area contributed by atoms with Crippen LogP contribution in [0.25, 0.3) is 0 Å². The molecule has 94 valence electrons. The maximum atomic E-state index is 9.45. The summed E-state index contributed by atoms with van der Waals surface area (Å²) in [5.41, 5.74) is 0.805. The van der Waals surface area contributed by atoms with E-state index in [0.717, 1.165) is 31.4 Å². The summed E-state index contributed by atoms with van der Waals surface area (Å²) in [7, 11) is 0. The SMILES string of the molecule is Oc1c(Cl)cc(NC2CCC(O)CC2)cc1Cl. The molecule has 1 saturated carbocycles. The van der Waals surface area contributed by atoms with Gasteiger partial charge < -0.3 is 15.5 Å². The Balaban J connectivity index is 2.04. The summed E-state index contributed by atoms with van der Waals surface area (Å²) in [4.78, 5) is 0. The zero-order chi connectivity index (χ0) is 12.4. The van der Waals surface area contributed by atoms with Gasteiger partial charge in [0.25, 0.3) is 0 Å². The first kappa shape index (κ1) is 12.8. The minimum atomic E-state index is -0.167. The molecule has 0 aliphatic heterocycles. The predicted octanol–water partition coefficient (Wildman–Crippen LogP) is 3.41. The van der Waals surface area contributed by atoms with Crippen molar-refractivity contribution in [3.05, 3.63) is 22.2 Å². The Kier molecular flexibility index (Phi) is 4.02. The first-order valence-corrected chi connectivity index (χ1v) is 6.44. The lowest BCUT2D eigenvalue weighted by Gasteiger charge is -2.27. The fraction of sp³-hybridized carbons (Fsp3) is 0.500. The molecule has 0 spiro atoms. The highest BCUT2D eigenvalue weighted by molar-refractivity contribution is 6.37. The molecule has 0 radical (unpaired) electrons. The maximum absolute atomic E-state index is 9.45. The third kappa shape index (κ3) is 3.18. The molecule has 0 bridgehead atoms. The normalized spacial score (nSPS) is 24.6. The van der Waals surface area contributed by atoms with Crippen molar-refractivity contribution < 1.29 is 10.2 Å². The zero-order valence-corrected chi connectivity index (χ0v) is 10.8. The van der Waals surface area contributed by atoms with E-state index in [9.17, 15) is 10.2 Å². The Bertz CT molecular complexity index is 380. The molecule has 0 unspecified atom stereocenters. The molecule has 0 amide bonds. The van der Waals surface area contributed by atoms with Crippen LogP contribution in [0.3, 0.4) is 0 Å². The summed E-state index contributed by atoms with van der Waals surface area (Å²) < 4.78 is 0. The van der Waals surface area contributed by atoms with Crippen LogP contribution in [0.1, 0.15) is 25.7 Å². The van der Waals surface area contributed by atoms with E-state index in [0.29, 0.717) is 6.04 Å². The smallest absolute Gasteiger partial charge is 0.152 e. The van der Waals surface area contributed by atoms with Crippen molar-refractivity contribution in [2.45, 2.75) is 37.8 Å². The van der Waals surface area contributed by atoms with Gasteiger partial charge in [-0.3, -0.25) is 0 Å². The van der Waals surface area contributed by atoms with E-state index < -0.39 is 0 Å². The second kappa shape index (κ2) is 5.34. The first-order valence-electron chi connectivity index (χ1n) is 5.69. The van der Waals surface area contributed by atoms with Crippen molar-refractivity contribution in [3.8, 4) is 5.75 Å². The highest BCUT2D eigenvalue weighted by atomic mass is 35.5. The quantitative estimate of drug-likeness (QED) is 0.725. The third-order valence-corrected chi connectivity index (χ3v) is 3.66. The molecule has 1 aliphatic carbocycles. The Hall–Kier alpha value is -0.640. The van der Waals surface area contributed by atoms with Crippen molar-refractivity contribution in [3.63, 3.8) is 0 Å². The maximum Gasteiger partial charge on any atom is 0.152 e. The van der Waals surface area contributed by atoms with Crippen LogP contribution in [0.2, 0.25) is 10.0 Å². The molecule has 3 nitrogen and oxygen atoms in total. The van der Waals surface area contributed by atoms with E-state index in [1.54, 1.807) is 12.1 Å². The molecule has 1 aromatic carbocycles. The van der Waals surface area contributed by atoms with E-state index in [4.69, 9.17) is 23.2 Å². The summed E-state index contributed by atoms with van der Waals surface area (Å²) >= 11 is 11.7. The minimum absolute atomic E-state index is 0.0852. The van der Waals surface area contributed by atoms with Crippen LogP contribution in [-0.2, 0) is 0 Å². The molecule has 2 rings (SSSR count). The standard InChI is InChI=1S/C12H15Cl2NO2/c13-10-5-8(6-11(14)12(10)17)15-7-1-3-9(16)4-2-7/h5-7,9,15-17H,1-4H2. The number of rotatable bonds is 2. The van der Waals surface area contributed by atoms with E-state index in [2.05, 4.69) is 5.32 Å². The summed E-state index contributed by atoms with van der Waals surface area (Å²) in [6.45, 7) is 0. The van der Waals surface area contributed by atoms with Gasteiger partial charge >= 0.3 is 0 Å². The molecule has 1 aromatic rings. The number of aliphatic hydroxyl groups is 1. The highest BCUT2D eigenvalue weighted by Crippen LogP contribution is 2.35. The molecule has 0 atom stereocenters. The Labute approximate surface area is 110 Å². The van der Waals surface area contributed by atoms with E-state index in [1.807, 2.05) is 0 Å². The fourth-order valence-electron chi connectivity index (χ4n) is 2.10. The minimum Gasteiger partial charge on any atom is -0.505 e. The molecule has 5 heteroatoms. The number of halogens is 2. The van der Waals surface area contributed by atoms with Crippen LogP contribution < -0.4 is 5.32 Å². The first-order chi connectivity index (χ1) is 8.06. The number of phenols is 1. The zero-order valence-electron chi connectivity index (χ0n) is 9.29. The topological polar surface area (TPSA) is 52.5 Å². The van der Waals surface area contributed by atoms with Gasteiger partial charge in [0.1, 0.15) is 0 Å². The van der Waals surface area contributed by atoms with Crippen LogP contribution in [-0.4, -0.2) is 22.4 Å². The predicted molar refractivity (Wildman–Crippen MR) is 70.0 cm³/mol.